The van der Waals surface area contributed by atoms with Crippen LogP contribution in [0.4, 0.5) is 4.39 Å². The van der Waals surface area contributed by atoms with Gasteiger partial charge in [-0.2, -0.15) is 5.10 Å². The van der Waals surface area contributed by atoms with Crippen molar-refractivity contribution in [2.45, 2.75) is 6.54 Å². The monoisotopic (exact) mass is 248 g/mol. The Kier molecular flexibility index (Phi) is 2.38. The summed E-state index contributed by atoms with van der Waals surface area (Å²) < 4.78 is 14.8. The molecule has 2 N–H and O–H groups in total. The van der Waals surface area contributed by atoms with E-state index in [1.807, 2.05) is 6.07 Å². The maximum atomic E-state index is 13.1. The predicted molar refractivity (Wildman–Crippen MR) is 64.1 cm³/mol. The maximum Gasteiger partial charge on any atom is 0.212 e. The number of benzene rings is 1. The van der Waals surface area contributed by atoms with Crippen LogP contribution < -0.4 is 5.73 Å². The van der Waals surface area contributed by atoms with E-state index < -0.39 is 0 Å². The highest BCUT2D eigenvalue weighted by molar-refractivity contribution is 7.19. The van der Waals surface area contributed by atoms with Gasteiger partial charge in [-0.25, -0.2) is 13.9 Å². The van der Waals surface area contributed by atoms with E-state index in [1.165, 1.54) is 23.5 Å². The molecule has 0 saturated carbocycles. The molecule has 0 aliphatic carbocycles. The van der Waals surface area contributed by atoms with Crippen molar-refractivity contribution in [3.63, 3.8) is 0 Å². The minimum atomic E-state index is -0.266. The molecule has 3 rings (SSSR count). The molecule has 0 aliphatic heterocycles. The number of nitrogens with two attached hydrogens (primary N) is 1. The fourth-order valence-electron chi connectivity index (χ4n) is 1.58. The predicted octanol–water partition coefficient (Wildman–Crippen LogP) is 2.06. The SMILES string of the molecule is NCc1cn2nc(-c3cccc(F)c3)sc2n1. The highest BCUT2D eigenvalue weighted by atomic mass is 32.1. The first-order valence-electron chi connectivity index (χ1n) is 5.07. The second kappa shape index (κ2) is 3.90. The van der Waals surface area contributed by atoms with Gasteiger partial charge in [0.25, 0.3) is 0 Å². The molecular weight excluding hydrogens is 239 g/mol. The molecule has 17 heavy (non-hydrogen) atoms. The molecule has 86 valence electrons. The van der Waals surface area contributed by atoms with E-state index in [0.717, 1.165) is 21.2 Å². The van der Waals surface area contributed by atoms with E-state index >= 15 is 0 Å². The van der Waals surface area contributed by atoms with Crippen LogP contribution in [-0.4, -0.2) is 14.6 Å². The fraction of sp³-hybridized carbons (Fsp3) is 0.0909. The Bertz CT molecular complexity index is 641. The first kappa shape index (κ1) is 10.4. The smallest absolute Gasteiger partial charge is 0.212 e. The number of halogens is 1. The van der Waals surface area contributed by atoms with Gasteiger partial charge < -0.3 is 5.73 Å². The second-order valence-corrected chi connectivity index (χ2v) is 4.54. The number of hydrogen-bond acceptors (Lipinski definition) is 4. The van der Waals surface area contributed by atoms with E-state index in [-0.39, 0.29) is 5.82 Å². The van der Waals surface area contributed by atoms with Gasteiger partial charge in [0.1, 0.15) is 10.8 Å². The second-order valence-electron chi connectivity index (χ2n) is 3.58. The van der Waals surface area contributed by atoms with Gasteiger partial charge in [-0.05, 0) is 12.1 Å². The Morgan fingerprint density at radius 1 is 1.41 bits per heavy atom. The van der Waals surface area contributed by atoms with E-state index in [0.29, 0.717) is 6.54 Å². The summed E-state index contributed by atoms with van der Waals surface area (Å²) >= 11 is 1.41. The van der Waals surface area contributed by atoms with Crippen LogP contribution in [0.25, 0.3) is 15.5 Å². The van der Waals surface area contributed by atoms with Crippen molar-refractivity contribution in [2.24, 2.45) is 5.73 Å². The lowest BCUT2D eigenvalue weighted by molar-refractivity contribution is 0.628. The molecule has 0 unspecified atom stereocenters. The summed E-state index contributed by atoms with van der Waals surface area (Å²) in [6.45, 7) is 0.394. The molecule has 0 radical (unpaired) electrons. The number of hydrogen-bond donors (Lipinski definition) is 1. The van der Waals surface area contributed by atoms with Gasteiger partial charge in [-0.1, -0.05) is 23.5 Å². The summed E-state index contributed by atoms with van der Waals surface area (Å²) in [5, 5.41) is 5.09. The van der Waals surface area contributed by atoms with Crippen molar-refractivity contribution in [3.05, 3.63) is 42.0 Å². The molecular formula is C11H9FN4S. The zero-order valence-corrected chi connectivity index (χ0v) is 9.62. The van der Waals surface area contributed by atoms with E-state index in [9.17, 15) is 4.39 Å². The molecule has 0 spiro atoms. The van der Waals surface area contributed by atoms with Crippen LogP contribution in [0.1, 0.15) is 5.69 Å². The van der Waals surface area contributed by atoms with Crippen molar-refractivity contribution in [1.82, 2.24) is 14.6 Å². The molecule has 3 aromatic rings. The van der Waals surface area contributed by atoms with Gasteiger partial charge >= 0.3 is 0 Å². The van der Waals surface area contributed by atoms with E-state index in [2.05, 4.69) is 10.1 Å². The Balaban J connectivity index is 2.09. The summed E-state index contributed by atoms with van der Waals surface area (Å²) in [7, 11) is 0. The average Bonchev–Trinajstić information content (AvgIpc) is 2.86. The van der Waals surface area contributed by atoms with Crippen molar-refractivity contribution < 1.29 is 4.39 Å². The van der Waals surface area contributed by atoms with Gasteiger partial charge in [-0.15, -0.1) is 0 Å². The molecule has 6 heteroatoms. The number of rotatable bonds is 2. The largest absolute Gasteiger partial charge is 0.325 e. The standard InChI is InChI=1S/C11H9FN4S/c12-8-3-1-2-7(4-8)10-15-16-6-9(5-13)14-11(16)17-10/h1-4,6H,5,13H2. The molecule has 0 fully saturated rings. The average molecular weight is 248 g/mol. The zero-order valence-electron chi connectivity index (χ0n) is 8.80. The number of imidazole rings is 1. The molecule has 2 aromatic heterocycles. The van der Waals surface area contributed by atoms with Crippen molar-refractivity contribution >= 4 is 16.3 Å². The molecule has 1 aromatic carbocycles. The number of fused-ring (bicyclic) bond motifs is 1. The van der Waals surface area contributed by atoms with Crippen LogP contribution in [0, 0.1) is 5.82 Å². The first-order valence-corrected chi connectivity index (χ1v) is 5.89. The van der Waals surface area contributed by atoms with Gasteiger partial charge in [-0.3, -0.25) is 0 Å². The molecule has 0 bridgehead atoms. The van der Waals surface area contributed by atoms with Crippen LogP contribution in [0.3, 0.4) is 0 Å². The lowest BCUT2D eigenvalue weighted by Gasteiger charge is -1.94. The topological polar surface area (TPSA) is 56.2 Å². The minimum Gasteiger partial charge on any atom is -0.325 e. The Hall–Kier alpha value is -1.79. The summed E-state index contributed by atoms with van der Waals surface area (Å²) in [6.07, 6.45) is 1.79. The number of aromatic nitrogens is 3. The van der Waals surface area contributed by atoms with Crippen molar-refractivity contribution in [3.8, 4) is 10.6 Å². The van der Waals surface area contributed by atoms with Crippen molar-refractivity contribution in [2.75, 3.05) is 0 Å². The van der Waals surface area contributed by atoms with Gasteiger partial charge in [0, 0.05) is 12.1 Å². The number of nitrogens with zero attached hydrogens (tertiary/aromatic N) is 3. The Morgan fingerprint density at radius 2 is 2.29 bits per heavy atom. The van der Waals surface area contributed by atoms with Gasteiger partial charge in [0.05, 0.1) is 11.9 Å². The third-order valence-electron chi connectivity index (χ3n) is 2.37. The molecule has 4 nitrogen and oxygen atoms in total. The Morgan fingerprint density at radius 3 is 3.00 bits per heavy atom. The normalized spacial score (nSPS) is 11.2. The maximum absolute atomic E-state index is 13.1. The Labute approximate surface area is 101 Å². The van der Waals surface area contributed by atoms with E-state index in [4.69, 9.17) is 5.73 Å². The first-order chi connectivity index (χ1) is 8.26. The van der Waals surface area contributed by atoms with E-state index in [1.54, 1.807) is 16.8 Å². The highest BCUT2D eigenvalue weighted by Gasteiger charge is 2.09. The molecule has 0 saturated heterocycles. The van der Waals surface area contributed by atoms with Gasteiger partial charge in [0.15, 0.2) is 0 Å². The zero-order chi connectivity index (χ0) is 11.8. The minimum absolute atomic E-state index is 0.266. The summed E-state index contributed by atoms with van der Waals surface area (Å²) in [4.78, 5) is 5.07. The lowest BCUT2D eigenvalue weighted by Crippen LogP contribution is -1.95. The molecule has 0 aliphatic rings. The van der Waals surface area contributed by atoms with Crippen LogP contribution in [0.5, 0.6) is 0 Å². The van der Waals surface area contributed by atoms with Crippen LogP contribution in [-0.2, 0) is 6.54 Å². The summed E-state index contributed by atoms with van der Waals surface area (Å²) in [5.41, 5.74) is 7.05. The molecule has 2 heterocycles. The third-order valence-corrected chi connectivity index (χ3v) is 3.35. The summed E-state index contributed by atoms with van der Waals surface area (Å²) in [5.74, 6) is -0.266. The highest BCUT2D eigenvalue weighted by Crippen LogP contribution is 2.25. The van der Waals surface area contributed by atoms with Crippen LogP contribution >= 0.6 is 11.3 Å². The third kappa shape index (κ3) is 1.81. The van der Waals surface area contributed by atoms with Crippen LogP contribution in [0.2, 0.25) is 0 Å². The quantitative estimate of drug-likeness (QED) is 0.755. The molecule has 0 atom stereocenters. The van der Waals surface area contributed by atoms with Gasteiger partial charge in [0.2, 0.25) is 4.96 Å². The summed E-state index contributed by atoms with van der Waals surface area (Å²) in [6, 6.07) is 6.36. The fourth-order valence-corrected chi connectivity index (χ4v) is 2.48. The van der Waals surface area contributed by atoms with Crippen molar-refractivity contribution in [1.29, 1.82) is 0 Å². The molecule has 0 amide bonds. The van der Waals surface area contributed by atoms with Crippen LogP contribution in [0.15, 0.2) is 30.5 Å². The lowest BCUT2D eigenvalue weighted by atomic mass is 10.2.